The van der Waals surface area contributed by atoms with E-state index in [4.69, 9.17) is 9.47 Å². The number of rotatable bonds is 13. The summed E-state index contributed by atoms with van der Waals surface area (Å²) in [6, 6.07) is 16.2. The number of carbonyl (C=O) groups excluding carboxylic acids is 1. The van der Waals surface area contributed by atoms with E-state index in [0.717, 1.165) is 36.8 Å². The second kappa shape index (κ2) is 38.9. The van der Waals surface area contributed by atoms with E-state index in [2.05, 4.69) is 95.6 Å². The lowest BCUT2D eigenvalue weighted by atomic mass is 10.1. The third-order valence-electron chi connectivity index (χ3n) is 7.13. The van der Waals surface area contributed by atoms with E-state index >= 15 is 0 Å². The highest BCUT2D eigenvalue weighted by Crippen LogP contribution is 2.31. The van der Waals surface area contributed by atoms with Crippen molar-refractivity contribution >= 4 is 38.0 Å². The highest BCUT2D eigenvalue weighted by atomic mass is 32.2. The Morgan fingerprint density at radius 3 is 2.06 bits per heavy atom. The number of ether oxygens (including phenoxy) is 2. The predicted molar refractivity (Wildman–Crippen MR) is 240 cm³/mol. The monoisotopic (exact) mass is 784 g/mol. The Balaban J connectivity index is -0.000000521. The van der Waals surface area contributed by atoms with Gasteiger partial charge in [-0.2, -0.15) is 0 Å². The maximum absolute atomic E-state index is 13.8. The van der Waals surface area contributed by atoms with Gasteiger partial charge in [-0.05, 0) is 60.9 Å². The Morgan fingerprint density at radius 2 is 1.57 bits per heavy atom. The standard InChI is InChI=1S/C25H38N2O5S2.C7H8.C3H8.2C2H6.3C2H2/c1-4-6-16-33(29)19-21-9-8-20-10-11-23(17-24(20)21)34(3,30)27(5-2)14-7-13-26-25(28)32-22-12-15-31-18-22;1-7-5-3-2-4-6-7;1-3-2;5*1-2/h9-11,17,22H,3-8,12-16,18-19H2,1-2H3,(H,26,28);2-6H,1H3;3H2,1-2H3;2*1-2H3;3*1-2H. The van der Waals surface area contributed by atoms with Gasteiger partial charge in [0.2, 0.25) is 0 Å². The van der Waals surface area contributed by atoms with Crippen LogP contribution in [-0.2, 0) is 36.4 Å². The lowest BCUT2D eigenvalue weighted by Crippen LogP contribution is -2.35. The van der Waals surface area contributed by atoms with Crippen molar-refractivity contribution in [2.75, 3.05) is 44.4 Å². The summed E-state index contributed by atoms with van der Waals surface area (Å²) in [7, 11) is -3.57. The molecule has 9 heteroatoms. The minimum atomic E-state index is -2.69. The molecule has 1 fully saturated rings. The van der Waals surface area contributed by atoms with Crippen LogP contribution in [-0.4, -0.2) is 75.1 Å². The number of terminal acetylenes is 3. The summed E-state index contributed by atoms with van der Waals surface area (Å²) in [6.45, 7) is 21.0. The van der Waals surface area contributed by atoms with Crippen LogP contribution in [0.15, 0.2) is 59.5 Å². The van der Waals surface area contributed by atoms with E-state index in [1.165, 1.54) is 17.5 Å². The summed E-state index contributed by atoms with van der Waals surface area (Å²) < 4.78 is 38.6. The Labute approximate surface area is 335 Å². The highest BCUT2D eigenvalue weighted by molar-refractivity contribution is 7.98. The van der Waals surface area contributed by atoms with Crippen LogP contribution in [0, 0.1) is 45.5 Å². The molecule has 7 nitrogen and oxygen atoms in total. The molecule has 0 bridgehead atoms. The summed E-state index contributed by atoms with van der Waals surface area (Å²) in [5.74, 6) is 5.35. The zero-order chi connectivity index (χ0) is 42.4. The SMILES string of the molecule is C#C.C#C.C#C.C=S(=O)(c1ccc2c(c1)C(CS(=O)CCCC)=CC2)N(CC)CCCNC(=O)OC1CCOC1.CC.CC.CCC.Cc1ccccc1. The fraction of sp³-hybridized carbons (Fsp3) is 0.511. The summed E-state index contributed by atoms with van der Waals surface area (Å²) in [6.07, 6.45) is 31.0. The molecule has 2 aromatic rings. The molecule has 0 spiro atoms. The van der Waals surface area contributed by atoms with Crippen molar-refractivity contribution in [3.05, 3.63) is 71.3 Å². The first-order valence-corrected chi connectivity index (χ1v) is 22.2. The number of carbonyl (C=O) groups is 1. The van der Waals surface area contributed by atoms with Crippen LogP contribution in [0.1, 0.15) is 104 Å². The molecule has 1 heterocycles. The maximum Gasteiger partial charge on any atom is 0.407 e. The maximum atomic E-state index is 13.8. The number of nitrogens with one attached hydrogen (secondary N) is 1. The average Bonchev–Trinajstić information content (AvgIpc) is 3.88. The number of fused-ring (bicyclic) bond motifs is 1. The summed E-state index contributed by atoms with van der Waals surface area (Å²) in [4.78, 5) is 12.6. The van der Waals surface area contributed by atoms with Crippen LogP contribution in [0.2, 0.25) is 0 Å². The smallest absolute Gasteiger partial charge is 0.407 e. The van der Waals surface area contributed by atoms with Crippen molar-refractivity contribution < 1.29 is 22.7 Å². The van der Waals surface area contributed by atoms with Gasteiger partial charge in [0, 0.05) is 53.3 Å². The predicted octanol–water partition coefficient (Wildman–Crippen LogP) is 9.60. The van der Waals surface area contributed by atoms with E-state index in [-0.39, 0.29) is 6.10 Å². The van der Waals surface area contributed by atoms with Crippen molar-refractivity contribution in [3.63, 3.8) is 0 Å². The first-order valence-electron chi connectivity index (χ1n) is 19.0. The normalized spacial score (nSPS) is 14.4. The second-order valence-corrected chi connectivity index (χ2v) is 14.9. The first-order chi connectivity index (χ1) is 26.2. The van der Waals surface area contributed by atoms with E-state index in [1.807, 2.05) is 75.3 Å². The van der Waals surface area contributed by atoms with Gasteiger partial charge in [-0.3, -0.25) is 4.21 Å². The summed E-state index contributed by atoms with van der Waals surface area (Å²) in [5, 5.41) is 2.76. The Hall–Kier alpha value is -3.78. The molecule has 3 unspecified atom stereocenters. The van der Waals surface area contributed by atoms with Gasteiger partial charge in [0.25, 0.3) is 0 Å². The zero-order valence-electron chi connectivity index (χ0n) is 34.9. The molecule has 54 heavy (non-hydrogen) atoms. The summed E-state index contributed by atoms with van der Waals surface area (Å²) in [5.41, 5.74) is 4.64. The van der Waals surface area contributed by atoms with Gasteiger partial charge >= 0.3 is 6.09 Å². The lowest BCUT2D eigenvalue weighted by molar-refractivity contribution is 0.0831. The molecule has 2 aliphatic rings. The van der Waals surface area contributed by atoms with Gasteiger partial charge in [-0.15, -0.1) is 38.5 Å². The van der Waals surface area contributed by atoms with Crippen LogP contribution >= 0.6 is 0 Å². The first kappa shape index (κ1) is 57.0. The molecular weight excluding hydrogens is 713 g/mol. The number of aryl methyl sites for hydroxylation is 1. The molecular formula is C45H72N2O5S2. The van der Waals surface area contributed by atoms with Gasteiger partial charge in [0.05, 0.1) is 22.9 Å². The van der Waals surface area contributed by atoms with E-state index in [1.54, 1.807) is 0 Å². The van der Waals surface area contributed by atoms with Crippen molar-refractivity contribution in [1.82, 2.24) is 9.62 Å². The average molecular weight is 785 g/mol. The quantitative estimate of drug-likeness (QED) is 0.124. The van der Waals surface area contributed by atoms with Gasteiger partial charge in [0.15, 0.2) is 0 Å². The van der Waals surface area contributed by atoms with Crippen molar-refractivity contribution in [1.29, 1.82) is 0 Å². The number of alkyl carbamates (subject to hydrolysis) is 1. The number of allylic oxidation sites excluding steroid dienone is 1. The van der Waals surface area contributed by atoms with Gasteiger partial charge in [0.1, 0.15) is 6.10 Å². The Bertz CT molecular complexity index is 1410. The molecule has 0 radical (unpaired) electrons. The Morgan fingerprint density at radius 1 is 0.981 bits per heavy atom. The van der Waals surface area contributed by atoms with E-state index in [0.29, 0.717) is 55.7 Å². The van der Waals surface area contributed by atoms with Gasteiger partial charge in [-0.1, -0.05) is 116 Å². The van der Waals surface area contributed by atoms with E-state index in [9.17, 15) is 13.2 Å². The van der Waals surface area contributed by atoms with Crippen LogP contribution in [0.3, 0.4) is 0 Å². The van der Waals surface area contributed by atoms with Crippen molar-refractivity contribution in [2.24, 2.45) is 0 Å². The van der Waals surface area contributed by atoms with Crippen molar-refractivity contribution in [2.45, 2.75) is 112 Å². The number of benzene rings is 2. The number of hydrogen-bond acceptors (Lipinski definition) is 5. The lowest BCUT2D eigenvalue weighted by Gasteiger charge is -2.26. The van der Waals surface area contributed by atoms with E-state index < -0.39 is 26.6 Å². The largest absolute Gasteiger partial charge is 0.444 e. The third-order valence-corrected chi connectivity index (χ3v) is 10.8. The molecule has 1 aliphatic heterocycles. The molecule has 304 valence electrons. The molecule has 0 aromatic heterocycles. The van der Waals surface area contributed by atoms with Crippen LogP contribution in [0.4, 0.5) is 4.79 Å². The number of amides is 1. The third kappa shape index (κ3) is 24.5. The van der Waals surface area contributed by atoms with Gasteiger partial charge in [-0.25, -0.2) is 13.3 Å². The molecule has 1 aliphatic carbocycles. The molecule has 0 saturated carbocycles. The molecule has 2 aromatic carbocycles. The topological polar surface area (TPSA) is 84.9 Å². The second-order valence-electron chi connectivity index (χ2n) is 11.1. The highest BCUT2D eigenvalue weighted by Gasteiger charge is 2.23. The Kier molecular flexibility index (Phi) is 41.1. The molecule has 1 N–H and O–H groups in total. The summed E-state index contributed by atoms with van der Waals surface area (Å²) >= 11 is 0. The fourth-order valence-corrected chi connectivity index (χ4v) is 7.80. The minimum absolute atomic E-state index is 0.173. The van der Waals surface area contributed by atoms with Crippen molar-refractivity contribution in [3.8, 4) is 38.5 Å². The van der Waals surface area contributed by atoms with Crippen LogP contribution in [0.25, 0.3) is 5.57 Å². The molecule has 4 rings (SSSR count). The molecule has 1 amide bonds. The minimum Gasteiger partial charge on any atom is -0.444 e. The molecule has 1 saturated heterocycles. The van der Waals surface area contributed by atoms with Crippen LogP contribution < -0.4 is 5.32 Å². The van der Waals surface area contributed by atoms with Gasteiger partial charge < -0.3 is 14.8 Å². The molecule has 3 atom stereocenters. The van der Waals surface area contributed by atoms with Crippen LogP contribution in [0.5, 0.6) is 0 Å². The number of unbranched alkanes of at least 4 members (excludes halogenated alkanes) is 1. The zero-order valence-corrected chi connectivity index (χ0v) is 36.6. The fourth-order valence-electron chi connectivity index (χ4n) is 4.70. The number of nitrogens with zero attached hydrogens (tertiary/aromatic N) is 1. The number of hydrogen-bond donors (Lipinski definition) is 1.